The van der Waals surface area contributed by atoms with Crippen molar-refractivity contribution in [2.75, 3.05) is 7.05 Å². The van der Waals surface area contributed by atoms with E-state index in [0.29, 0.717) is 24.4 Å². The molecule has 188 valence electrons. The van der Waals surface area contributed by atoms with Crippen LogP contribution in [0.15, 0.2) is 79.3 Å². The summed E-state index contributed by atoms with van der Waals surface area (Å²) in [5.74, 6) is 0.497. The Hall–Kier alpha value is -4.46. The third-order valence-electron chi connectivity index (χ3n) is 6.56. The van der Waals surface area contributed by atoms with Crippen molar-refractivity contribution in [3.63, 3.8) is 0 Å². The molecule has 0 aliphatic heterocycles. The number of carbonyl (C=O) groups excluding carboxylic acids is 2. The molecule has 2 aromatic carbocycles. The highest BCUT2D eigenvalue weighted by Gasteiger charge is 2.21. The summed E-state index contributed by atoms with van der Waals surface area (Å²) >= 11 is 0. The highest BCUT2D eigenvalue weighted by atomic mass is 16.2. The fraction of sp³-hybridized carbons (Fsp3) is 0.241. The van der Waals surface area contributed by atoms with Crippen LogP contribution in [0.25, 0.3) is 27.7 Å². The third kappa shape index (κ3) is 5.69. The minimum absolute atomic E-state index is 0.0442. The van der Waals surface area contributed by atoms with Gasteiger partial charge in [0.1, 0.15) is 17.2 Å². The SMILES string of the molecule is CNC(=O)CCCCC[C@H](NC(=O)c1cn2ccccc2n1)c1ncc(-c2ccc3ccccc3c2)[nH]1. The van der Waals surface area contributed by atoms with Gasteiger partial charge >= 0.3 is 0 Å². The van der Waals surface area contributed by atoms with Gasteiger partial charge in [0.15, 0.2) is 0 Å². The molecule has 0 radical (unpaired) electrons. The lowest BCUT2D eigenvalue weighted by atomic mass is 10.1. The molecular formula is C29H30N6O2. The Labute approximate surface area is 215 Å². The largest absolute Gasteiger partial charge is 0.359 e. The third-order valence-corrected chi connectivity index (χ3v) is 6.56. The van der Waals surface area contributed by atoms with Gasteiger partial charge in [-0.15, -0.1) is 0 Å². The first-order valence-corrected chi connectivity index (χ1v) is 12.6. The molecule has 0 bridgehead atoms. The van der Waals surface area contributed by atoms with Crippen LogP contribution in [-0.2, 0) is 4.79 Å². The number of imidazole rings is 2. The standard InChI is InChI=1S/C29H30N6O2/c1-30-27(36)13-4-2-3-11-23(34-29(37)25-19-35-16-8-7-12-26(35)32-25)28-31-18-24(33-28)22-15-14-20-9-5-6-10-21(20)17-22/h5-10,12,14-19,23H,2-4,11,13H2,1H3,(H,30,36)(H,31,33)(H,34,37)/t23-/m0/s1. The number of aromatic amines is 1. The van der Waals surface area contributed by atoms with Crippen molar-refractivity contribution >= 4 is 28.2 Å². The van der Waals surface area contributed by atoms with Crippen molar-refractivity contribution in [2.24, 2.45) is 0 Å². The van der Waals surface area contributed by atoms with Gasteiger partial charge in [-0.2, -0.15) is 0 Å². The maximum absolute atomic E-state index is 13.2. The number of pyridine rings is 1. The zero-order valence-corrected chi connectivity index (χ0v) is 20.8. The van der Waals surface area contributed by atoms with Crippen molar-refractivity contribution in [3.8, 4) is 11.3 Å². The minimum Gasteiger partial charge on any atom is -0.359 e. The maximum atomic E-state index is 13.2. The Morgan fingerprint density at radius 1 is 1.00 bits per heavy atom. The van der Waals surface area contributed by atoms with Crippen molar-refractivity contribution < 1.29 is 9.59 Å². The number of benzene rings is 2. The number of aromatic nitrogens is 4. The minimum atomic E-state index is -0.313. The van der Waals surface area contributed by atoms with Gasteiger partial charge in [-0.3, -0.25) is 9.59 Å². The zero-order valence-electron chi connectivity index (χ0n) is 20.8. The molecule has 3 aromatic heterocycles. The molecule has 0 saturated heterocycles. The molecular weight excluding hydrogens is 464 g/mol. The van der Waals surface area contributed by atoms with Crippen LogP contribution in [0.5, 0.6) is 0 Å². The number of fused-ring (bicyclic) bond motifs is 2. The van der Waals surface area contributed by atoms with E-state index in [9.17, 15) is 9.59 Å². The van der Waals surface area contributed by atoms with Crippen LogP contribution in [0.2, 0.25) is 0 Å². The lowest BCUT2D eigenvalue weighted by Crippen LogP contribution is -2.29. The molecule has 3 N–H and O–H groups in total. The van der Waals surface area contributed by atoms with E-state index >= 15 is 0 Å². The summed E-state index contributed by atoms with van der Waals surface area (Å²) in [7, 11) is 1.65. The Morgan fingerprint density at radius 3 is 2.68 bits per heavy atom. The van der Waals surface area contributed by atoms with E-state index < -0.39 is 0 Å². The predicted molar refractivity (Wildman–Crippen MR) is 144 cm³/mol. The molecule has 0 unspecified atom stereocenters. The number of carbonyl (C=O) groups is 2. The van der Waals surface area contributed by atoms with E-state index in [1.807, 2.05) is 47.1 Å². The van der Waals surface area contributed by atoms with E-state index in [4.69, 9.17) is 0 Å². The molecule has 0 fully saturated rings. The zero-order chi connectivity index (χ0) is 25.6. The van der Waals surface area contributed by atoms with Crippen LogP contribution in [0.1, 0.15) is 54.5 Å². The molecule has 0 spiro atoms. The quantitative estimate of drug-likeness (QED) is 0.237. The van der Waals surface area contributed by atoms with Gasteiger partial charge in [0.25, 0.3) is 5.91 Å². The lowest BCUT2D eigenvalue weighted by molar-refractivity contribution is -0.120. The first-order valence-electron chi connectivity index (χ1n) is 12.6. The van der Waals surface area contributed by atoms with Crippen LogP contribution in [-0.4, -0.2) is 38.2 Å². The normalized spacial score (nSPS) is 12.0. The fourth-order valence-corrected chi connectivity index (χ4v) is 4.51. The molecule has 8 nitrogen and oxygen atoms in total. The van der Waals surface area contributed by atoms with Crippen LogP contribution < -0.4 is 10.6 Å². The summed E-state index contributed by atoms with van der Waals surface area (Å²) in [6.45, 7) is 0. The van der Waals surface area contributed by atoms with Gasteiger partial charge < -0.3 is 20.0 Å². The van der Waals surface area contributed by atoms with E-state index in [-0.39, 0.29) is 17.9 Å². The molecule has 0 aliphatic carbocycles. The molecule has 8 heteroatoms. The molecule has 37 heavy (non-hydrogen) atoms. The van der Waals surface area contributed by atoms with Gasteiger partial charge in [0.05, 0.1) is 17.9 Å². The monoisotopic (exact) mass is 494 g/mol. The van der Waals surface area contributed by atoms with Gasteiger partial charge in [-0.1, -0.05) is 55.3 Å². The average Bonchev–Trinajstić information content (AvgIpc) is 3.59. The number of amides is 2. The number of nitrogens with one attached hydrogen (secondary N) is 3. The highest BCUT2D eigenvalue weighted by molar-refractivity contribution is 5.93. The number of rotatable bonds is 10. The summed E-state index contributed by atoms with van der Waals surface area (Å²) in [6, 6.07) is 19.9. The molecule has 1 atom stereocenters. The number of hydrogen-bond acceptors (Lipinski definition) is 4. The Balaban J connectivity index is 1.34. The van der Waals surface area contributed by atoms with Gasteiger partial charge in [0.2, 0.25) is 5.91 Å². The predicted octanol–water partition coefficient (Wildman–Crippen LogP) is 5.05. The van der Waals surface area contributed by atoms with Gasteiger partial charge in [0, 0.05) is 31.4 Å². The molecule has 2 amide bonds. The highest BCUT2D eigenvalue weighted by Crippen LogP contribution is 2.26. The van der Waals surface area contributed by atoms with Gasteiger partial charge in [-0.25, -0.2) is 9.97 Å². The molecule has 5 rings (SSSR count). The Bertz CT molecular complexity index is 1500. The summed E-state index contributed by atoms with van der Waals surface area (Å²) in [6.07, 6.45) is 9.13. The van der Waals surface area contributed by atoms with E-state index in [2.05, 4.69) is 55.9 Å². The van der Waals surface area contributed by atoms with Crippen molar-refractivity contribution in [3.05, 3.63) is 90.8 Å². The average molecular weight is 495 g/mol. The van der Waals surface area contributed by atoms with Crippen molar-refractivity contribution in [1.29, 1.82) is 0 Å². The lowest BCUT2D eigenvalue weighted by Gasteiger charge is -2.16. The maximum Gasteiger partial charge on any atom is 0.272 e. The first-order chi connectivity index (χ1) is 18.1. The number of unbranched alkanes of at least 4 members (excludes halogenated alkanes) is 2. The van der Waals surface area contributed by atoms with Crippen LogP contribution in [0.4, 0.5) is 0 Å². The van der Waals surface area contributed by atoms with Crippen molar-refractivity contribution in [2.45, 2.75) is 38.1 Å². The summed E-state index contributed by atoms with van der Waals surface area (Å²) < 4.78 is 1.83. The molecule has 0 aliphatic rings. The number of hydrogen-bond donors (Lipinski definition) is 3. The Morgan fingerprint density at radius 2 is 1.84 bits per heavy atom. The summed E-state index contributed by atoms with van der Waals surface area (Å²) in [5.41, 5.74) is 3.01. The second-order valence-corrected chi connectivity index (χ2v) is 9.13. The number of nitrogens with zero attached hydrogens (tertiary/aromatic N) is 3. The van der Waals surface area contributed by atoms with Crippen LogP contribution in [0, 0.1) is 0 Å². The van der Waals surface area contributed by atoms with Crippen LogP contribution in [0.3, 0.4) is 0 Å². The fourth-order valence-electron chi connectivity index (χ4n) is 4.51. The molecule has 5 aromatic rings. The topological polar surface area (TPSA) is 104 Å². The number of H-pyrrole nitrogens is 1. The second kappa shape index (κ2) is 11.1. The molecule has 3 heterocycles. The van der Waals surface area contributed by atoms with Crippen LogP contribution >= 0.6 is 0 Å². The Kier molecular flexibility index (Phi) is 7.26. The second-order valence-electron chi connectivity index (χ2n) is 9.13. The smallest absolute Gasteiger partial charge is 0.272 e. The summed E-state index contributed by atoms with van der Waals surface area (Å²) in [5, 5.41) is 8.12. The van der Waals surface area contributed by atoms with E-state index in [1.165, 1.54) is 5.39 Å². The summed E-state index contributed by atoms with van der Waals surface area (Å²) in [4.78, 5) is 37.2. The van der Waals surface area contributed by atoms with E-state index in [1.54, 1.807) is 13.2 Å². The van der Waals surface area contributed by atoms with Crippen molar-refractivity contribution in [1.82, 2.24) is 30.0 Å². The molecule has 0 saturated carbocycles. The van der Waals surface area contributed by atoms with Gasteiger partial charge in [-0.05, 0) is 41.8 Å². The first kappa shape index (κ1) is 24.2. The van der Waals surface area contributed by atoms with E-state index in [0.717, 1.165) is 41.6 Å².